The quantitative estimate of drug-likeness (QED) is 0.328. The molecule has 1 heteroatoms. The number of hydrogen-bond donors (Lipinski definition) is 1. The van der Waals surface area contributed by atoms with Crippen LogP contribution in [0, 0.1) is 20.8 Å². The molecule has 0 saturated heterocycles. The fourth-order valence-corrected chi connectivity index (χ4v) is 4.24. The van der Waals surface area contributed by atoms with E-state index in [2.05, 4.69) is 108 Å². The number of rotatable bonds is 2. The van der Waals surface area contributed by atoms with Crippen LogP contribution in [0.4, 0.5) is 0 Å². The fourth-order valence-electron chi connectivity index (χ4n) is 4.24. The van der Waals surface area contributed by atoms with Crippen molar-refractivity contribution in [2.45, 2.75) is 46.6 Å². The zero-order chi connectivity index (χ0) is 24.7. The van der Waals surface area contributed by atoms with Gasteiger partial charge in [-0.25, -0.2) is 0 Å². The van der Waals surface area contributed by atoms with Crippen LogP contribution in [0.15, 0.2) is 97.6 Å². The summed E-state index contributed by atoms with van der Waals surface area (Å²) in [6.45, 7) is 15.3. The molecule has 0 aliphatic heterocycles. The van der Waals surface area contributed by atoms with E-state index in [9.17, 15) is 0 Å². The van der Waals surface area contributed by atoms with Gasteiger partial charge in [-0.2, -0.15) is 0 Å². The van der Waals surface area contributed by atoms with E-state index >= 15 is 0 Å². The van der Waals surface area contributed by atoms with Crippen LogP contribution in [0.2, 0.25) is 0 Å². The van der Waals surface area contributed by atoms with Crippen molar-refractivity contribution in [3.05, 3.63) is 137 Å². The Labute approximate surface area is 206 Å². The molecule has 0 fully saturated rings. The molecule has 4 aromatic carbocycles. The molecule has 4 aromatic rings. The van der Waals surface area contributed by atoms with Crippen LogP contribution in [0.25, 0.3) is 17.2 Å². The molecule has 0 atom stereocenters. The second-order valence-corrected chi connectivity index (χ2v) is 9.52. The number of fused-ring (bicyclic) bond motifs is 3. The minimum atomic E-state index is 0.151. The third kappa shape index (κ3) is 5.92. The van der Waals surface area contributed by atoms with Gasteiger partial charge in [-0.1, -0.05) is 134 Å². The van der Waals surface area contributed by atoms with Crippen LogP contribution in [0.5, 0.6) is 0 Å². The van der Waals surface area contributed by atoms with Crippen molar-refractivity contribution in [2.75, 3.05) is 0 Å². The Hall–Kier alpha value is -3.42. The molecule has 0 aromatic heterocycles. The minimum Gasteiger partial charge on any atom is -0.326 e. The Morgan fingerprint density at radius 1 is 0.676 bits per heavy atom. The first kappa shape index (κ1) is 25.2. The highest BCUT2D eigenvalue weighted by Gasteiger charge is 2.34. The van der Waals surface area contributed by atoms with Crippen molar-refractivity contribution in [1.82, 2.24) is 0 Å². The van der Waals surface area contributed by atoms with Gasteiger partial charge < -0.3 is 5.73 Å². The van der Waals surface area contributed by atoms with E-state index < -0.39 is 0 Å². The Morgan fingerprint density at radius 3 is 1.76 bits per heavy atom. The van der Waals surface area contributed by atoms with Crippen LogP contribution in [-0.2, 0) is 12.0 Å². The average molecular weight is 448 g/mol. The Kier molecular flexibility index (Phi) is 8.26. The summed E-state index contributed by atoms with van der Waals surface area (Å²) in [5, 5.41) is 0. The van der Waals surface area contributed by atoms with Crippen molar-refractivity contribution < 1.29 is 0 Å². The molecule has 34 heavy (non-hydrogen) atoms. The normalized spacial score (nSPS) is 12.3. The summed E-state index contributed by atoms with van der Waals surface area (Å²) >= 11 is 0. The SMILES string of the molecule is C=Cc1ccc(CN)cc1.Cc1ccc(C)cc1.Cc1ccc2c(c1)C(C)(C)c1ccccc1-2. The van der Waals surface area contributed by atoms with Crippen LogP contribution in [0.1, 0.15) is 52.8 Å². The van der Waals surface area contributed by atoms with E-state index in [1.807, 2.05) is 30.3 Å². The number of benzene rings is 4. The summed E-state index contributed by atoms with van der Waals surface area (Å²) in [6, 6.07) is 32.1. The van der Waals surface area contributed by atoms with Crippen LogP contribution in [0.3, 0.4) is 0 Å². The molecular formula is C33H37N. The van der Waals surface area contributed by atoms with Gasteiger partial charge in [-0.05, 0) is 54.2 Å². The molecule has 1 nitrogen and oxygen atoms in total. The van der Waals surface area contributed by atoms with Crippen molar-refractivity contribution in [1.29, 1.82) is 0 Å². The first-order valence-corrected chi connectivity index (χ1v) is 11.9. The third-order valence-electron chi connectivity index (χ3n) is 6.41. The zero-order valence-corrected chi connectivity index (χ0v) is 21.2. The molecule has 0 unspecified atom stereocenters. The van der Waals surface area contributed by atoms with Crippen molar-refractivity contribution in [2.24, 2.45) is 5.73 Å². The molecule has 0 bridgehead atoms. The molecule has 1 aliphatic rings. The standard InChI is InChI=1S/C16H16.C9H11N.C8H10/c1-11-8-9-13-12-6-4-5-7-14(12)16(2,3)15(13)10-11;1-2-8-3-5-9(7-10)6-4-8;1-7-3-5-8(2)6-4-7/h4-10H,1-3H3;2-6H,1,7,10H2;3-6H,1-2H3. The van der Waals surface area contributed by atoms with Crippen LogP contribution < -0.4 is 5.73 Å². The van der Waals surface area contributed by atoms with E-state index in [1.54, 1.807) is 0 Å². The van der Waals surface area contributed by atoms with Crippen LogP contribution in [-0.4, -0.2) is 0 Å². The highest BCUT2D eigenvalue weighted by molar-refractivity contribution is 5.80. The highest BCUT2D eigenvalue weighted by Crippen LogP contribution is 2.48. The average Bonchev–Trinajstić information content (AvgIpc) is 3.08. The Balaban J connectivity index is 0.000000155. The molecule has 0 heterocycles. The highest BCUT2D eigenvalue weighted by atomic mass is 14.5. The number of nitrogens with two attached hydrogens (primary N) is 1. The topological polar surface area (TPSA) is 26.0 Å². The summed E-state index contributed by atoms with van der Waals surface area (Å²) in [7, 11) is 0. The molecule has 0 radical (unpaired) electrons. The summed E-state index contributed by atoms with van der Waals surface area (Å²) < 4.78 is 0. The molecule has 5 rings (SSSR count). The largest absolute Gasteiger partial charge is 0.326 e. The molecule has 0 saturated carbocycles. The van der Waals surface area contributed by atoms with E-state index in [0.717, 1.165) is 11.1 Å². The summed E-state index contributed by atoms with van der Waals surface area (Å²) in [5.41, 5.74) is 17.6. The Bertz CT molecular complexity index is 1210. The second kappa shape index (κ2) is 11.1. The Morgan fingerprint density at radius 2 is 1.21 bits per heavy atom. The maximum Gasteiger partial charge on any atom is 0.0178 e. The smallest absolute Gasteiger partial charge is 0.0178 e. The van der Waals surface area contributed by atoms with Crippen LogP contribution >= 0.6 is 0 Å². The van der Waals surface area contributed by atoms with E-state index in [-0.39, 0.29) is 5.41 Å². The lowest BCUT2D eigenvalue weighted by atomic mass is 9.82. The predicted octanol–water partition coefficient (Wildman–Crippen LogP) is 8.39. The molecule has 1 aliphatic carbocycles. The monoisotopic (exact) mass is 447 g/mol. The third-order valence-corrected chi connectivity index (χ3v) is 6.41. The first-order valence-electron chi connectivity index (χ1n) is 11.9. The van der Waals surface area contributed by atoms with E-state index in [0.29, 0.717) is 6.54 Å². The van der Waals surface area contributed by atoms with Gasteiger partial charge >= 0.3 is 0 Å². The lowest BCUT2D eigenvalue weighted by molar-refractivity contribution is 0.660. The van der Waals surface area contributed by atoms with Crippen molar-refractivity contribution in [3.8, 4) is 11.1 Å². The second-order valence-electron chi connectivity index (χ2n) is 9.52. The number of hydrogen-bond acceptors (Lipinski definition) is 1. The molecule has 2 N–H and O–H groups in total. The zero-order valence-electron chi connectivity index (χ0n) is 21.2. The predicted molar refractivity (Wildman–Crippen MR) is 149 cm³/mol. The van der Waals surface area contributed by atoms with Gasteiger partial charge in [0, 0.05) is 12.0 Å². The van der Waals surface area contributed by atoms with Gasteiger partial charge in [-0.3, -0.25) is 0 Å². The minimum absolute atomic E-state index is 0.151. The molecule has 0 amide bonds. The summed E-state index contributed by atoms with van der Waals surface area (Å²) in [5.74, 6) is 0. The maximum atomic E-state index is 5.42. The first-order chi connectivity index (χ1) is 16.3. The fraction of sp³-hybridized carbons (Fsp3) is 0.212. The summed E-state index contributed by atoms with van der Waals surface area (Å²) in [6.07, 6.45) is 1.82. The van der Waals surface area contributed by atoms with Gasteiger partial charge in [-0.15, -0.1) is 0 Å². The molecular weight excluding hydrogens is 410 g/mol. The summed E-state index contributed by atoms with van der Waals surface area (Å²) in [4.78, 5) is 0. The van der Waals surface area contributed by atoms with Gasteiger partial charge in [0.05, 0.1) is 0 Å². The van der Waals surface area contributed by atoms with Gasteiger partial charge in [0.2, 0.25) is 0 Å². The lowest BCUT2D eigenvalue weighted by Crippen LogP contribution is -2.14. The molecule has 0 spiro atoms. The van der Waals surface area contributed by atoms with E-state index in [1.165, 1.54) is 38.9 Å². The molecule has 174 valence electrons. The van der Waals surface area contributed by atoms with Gasteiger partial charge in [0.1, 0.15) is 0 Å². The maximum absolute atomic E-state index is 5.42. The van der Waals surface area contributed by atoms with E-state index in [4.69, 9.17) is 5.73 Å². The number of aryl methyl sites for hydroxylation is 3. The van der Waals surface area contributed by atoms with Gasteiger partial charge in [0.25, 0.3) is 0 Å². The van der Waals surface area contributed by atoms with Crippen molar-refractivity contribution in [3.63, 3.8) is 0 Å². The lowest BCUT2D eigenvalue weighted by Gasteiger charge is -2.21. The van der Waals surface area contributed by atoms with Crippen molar-refractivity contribution >= 4 is 6.08 Å². The van der Waals surface area contributed by atoms with Gasteiger partial charge in [0.15, 0.2) is 0 Å².